The molecule has 0 saturated carbocycles. The summed E-state index contributed by atoms with van der Waals surface area (Å²) in [5.41, 5.74) is 2.64. The zero-order chi connectivity index (χ0) is 13.2. The summed E-state index contributed by atoms with van der Waals surface area (Å²) in [7, 11) is 0. The van der Waals surface area contributed by atoms with Crippen LogP contribution in [0, 0.1) is 6.92 Å². The highest BCUT2D eigenvalue weighted by Crippen LogP contribution is 2.32. The van der Waals surface area contributed by atoms with E-state index in [1.165, 1.54) is 11.1 Å². The van der Waals surface area contributed by atoms with Crippen LogP contribution in [0.3, 0.4) is 0 Å². The second kappa shape index (κ2) is 5.21. The molecule has 4 heteroatoms. The molecule has 1 aliphatic rings. The van der Waals surface area contributed by atoms with E-state index < -0.39 is 0 Å². The third-order valence-corrected chi connectivity index (χ3v) is 3.79. The molecule has 1 aromatic carbocycles. The van der Waals surface area contributed by atoms with Crippen LogP contribution in [0.2, 0.25) is 0 Å². The first-order valence-electron chi connectivity index (χ1n) is 6.33. The van der Waals surface area contributed by atoms with Gasteiger partial charge in [-0.2, -0.15) is 0 Å². The van der Waals surface area contributed by atoms with Crippen molar-refractivity contribution in [2.75, 3.05) is 18.1 Å². The highest BCUT2D eigenvalue weighted by Gasteiger charge is 2.20. The van der Waals surface area contributed by atoms with Gasteiger partial charge in [0.2, 0.25) is 0 Å². The van der Waals surface area contributed by atoms with Crippen LogP contribution in [-0.2, 0) is 6.54 Å². The number of hydrogen-bond donors (Lipinski definition) is 0. The van der Waals surface area contributed by atoms with Crippen molar-refractivity contribution in [1.29, 1.82) is 0 Å². The summed E-state index contributed by atoms with van der Waals surface area (Å²) in [5, 5.41) is 0. The molecule has 0 radical (unpaired) electrons. The molecule has 2 heterocycles. The van der Waals surface area contributed by atoms with Gasteiger partial charge in [-0.1, -0.05) is 24.3 Å². The third kappa shape index (κ3) is 2.59. The average Bonchev–Trinajstić information content (AvgIpc) is 2.42. The molecule has 2 aromatic rings. The second-order valence-corrected chi connectivity index (χ2v) is 5.46. The number of benzene rings is 1. The molecule has 1 aliphatic heterocycles. The summed E-state index contributed by atoms with van der Waals surface area (Å²) in [6.45, 7) is 4.59. The van der Waals surface area contributed by atoms with Crippen LogP contribution >= 0.6 is 15.9 Å². The van der Waals surface area contributed by atoms with Gasteiger partial charge in [0.25, 0.3) is 0 Å². The summed E-state index contributed by atoms with van der Waals surface area (Å²) >= 11 is 3.42. The fourth-order valence-electron chi connectivity index (χ4n) is 2.27. The Morgan fingerprint density at radius 3 is 2.95 bits per heavy atom. The minimum Gasteiger partial charge on any atom is -0.488 e. The minimum absolute atomic E-state index is 0.711. The molecule has 0 unspecified atom stereocenters. The van der Waals surface area contributed by atoms with Gasteiger partial charge < -0.3 is 9.64 Å². The Morgan fingerprint density at radius 1 is 1.26 bits per heavy atom. The molecule has 0 aliphatic carbocycles. The molecule has 0 atom stereocenters. The second-order valence-electron chi connectivity index (χ2n) is 4.65. The minimum atomic E-state index is 0.711. The Morgan fingerprint density at radius 2 is 2.11 bits per heavy atom. The predicted octanol–water partition coefficient (Wildman–Crippen LogP) is 3.55. The lowest BCUT2D eigenvalue weighted by atomic mass is 10.1. The van der Waals surface area contributed by atoms with E-state index in [2.05, 4.69) is 57.0 Å². The topological polar surface area (TPSA) is 25.4 Å². The maximum absolute atomic E-state index is 5.65. The van der Waals surface area contributed by atoms with Crippen LogP contribution in [0.4, 0.5) is 5.82 Å². The van der Waals surface area contributed by atoms with Crippen molar-refractivity contribution < 1.29 is 4.74 Å². The Balaban J connectivity index is 1.92. The van der Waals surface area contributed by atoms with E-state index in [1.807, 2.05) is 12.1 Å². The summed E-state index contributed by atoms with van der Waals surface area (Å²) < 4.78 is 6.49. The van der Waals surface area contributed by atoms with Crippen molar-refractivity contribution in [2.24, 2.45) is 0 Å². The molecule has 3 nitrogen and oxygen atoms in total. The van der Waals surface area contributed by atoms with Gasteiger partial charge >= 0.3 is 0 Å². The van der Waals surface area contributed by atoms with E-state index in [0.717, 1.165) is 29.3 Å². The number of hydrogen-bond acceptors (Lipinski definition) is 3. The van der Waals surface area contributed by atoms with Crippen LogP contribution in [0.15, 0.2) is 41.0 Å². The van der Waals surface area contributed by atoms with Crippen LogP contribution in [0.5, 0.6) is 5.75 Å². The van der Waals surface area contributed by atoms with Crippen LogP contribution in [0.1, 0.15) is 11.1 Å². The first-order chi connectivity index (χ1) is 9.24. The number of aryl methyl sites for hydroxylation is 1. The van der Waals surface area contributed by atoms with E-state index in [0.29, 0.717) is 6.61 Å². The number of rotatable bonds is 2. The van der Waals surface area contributed by atoms with Crippen LogP contribution in [0.25, 0.3) is 0 Å². The standard InChI is InChI=1S/C15H15BrN2O/c1-11-4-2-3-5-12(11)10-18-8-9-19-13-6-7-14(16)17-15(13)18/h2-7H,8-10H2,1H3. The summed E-state index contributed by atoms with van der Waals surface area (Å²) in [5.74, 6) is 1.78. The van der Waals surface area contributed by atoms with Crippen LogP contribution in [-0.4, -0.2) is 18.1 Å². The lowest BCUT2D eigenvalue weighted by Crippen LogP contribution is -2.33. The Hall–Kier alpha value is -1.55. The van der Waals surface area contributed by atoms with Crippen molar-refractivity contribution in [3.05, 3.63) is 52.1 Å². The number of halogens is 1. The predicted molar refractivity (Wildman–Crippen MR) is 79.7 cm³/mol. The fraction of sp³-hybridized carbons (Fsp3) is 0.267. The van der Waals surface area contributed by atoms with E-state index >= 15 is 0 Å². The highest BCUT2D eigenvalue weighted by atomic mass is 79.9. The quantitative estimate of drug-likeness (QED) is 0.792. The molecule has 0 fully saturated rings. The summed E-state index contributed by atoms with van der Waals surface area (Å²) in [6.07, 6.45) is 0. The Kier molecular flexibility index (Phi) is 3.42. The molecule has 1 aromatic heterocycles. The number of anilines is 1. The average molecular weight is 319 g/mol. The lowest BCUT2D eigenvalue weighted by Gasteiger charge is -2.30. The van der Waals surface area contributed by atoms with Crippen molar-refractivity contribution in [1.82, 2.24) is 4.98 Å². The Labute approximate surface area is 121 Å². The number of fused-ring (bicyclic) bond motifs is 1. The zero-order valence-corrected chi connectivity index (χ0v) is 12.4. The monoisotopic (exact) mass is 318 g/mol. The number of ether oxygens (including phenoxy) is 1. The van der Waals surface area contributed by atoms with E-state index in [4.69, 9.17) is 4.74 Å². The molecule has 0 bridgehead atoms. The first-order valence-corrected chi connectivity index (χ1v) is 7.12. The third-order valence-electron chi connectivity index (χ3n) is 3.35. The normalized spacial score (nSPS) is 13.9. The largest absolute Gasteiger partial charge is 0.488 e. The molecule has 3 rings (SSSR count). The van der Waals surface area contributed by atoms with Gasteiger partial charge in [0.05, 0.1) is 6.54 Å². The van der Waals surface area contributed by atoms with E-state index in [1.54, 1.807) is 0 Å². The van der Waals surface area contributed by atoms with Crippen molar-refractivity contribution in [3.8, 4) is 5.75 Å². The molecule has 0 saturated heterocycles. The van der Waals surface area contributed by atoms with Crippen molar-refractivity contribution >= 4 is 21.7 Å². The lowest BCUT2D eigenvalue weighted by molar-refractivity contribution is 0.304. The number of aromatic nitrogens is 1. The van der Waals surface area contributed by atoms with Gasteiger partial charge in [-0.3, -0.25) is 0 Å². The van der Waals surface area contributed by atoms with Gasteiger partial charge in [-0.15, -0.1) is 0 Å². The molecule has 19 heavy (non-hydrogen) atoms. The molecular formula is C15H15BrN2O. The molecule has 0 spiro atoms. The Bertz CT molecular complexity index is 600. The maximum atomic E-state index is 5.65. The van der Waals surface area contributed by atoms with Gasteiger partial charge in [0.1, 0.15) is 11.2 Å². The van der Waals surface area contributed by atoms with Crippen molar-refractivity contribution in [2.45, 2.75) is 13.5 Å². The summed E-state index contributed by atoms with van der Waals surface area (Å²) in [6, 6.07) is 12.3. The van der Waals surface area contributed by atoms with Gasteiger partial charge in [0, 0.05) is 6.54 Å². The number of pyridine rings is 1. The smallest absolute Gasteiger partial charge is 0.172 e. The van der Waals surface area contributed by atoms with E-state index in [9.17, 15) is 0 Å². The molecular weight excluding hydrogens is 304 g/mol. The fourth-order valence-corrected chi connectivity index (χ4v) is 2.57. The zero-order valence-electron chi connectivity index (χ0n) is 10.8. The number of nitrogens with zero attached hydrogens (tertiary/aromatic N) is 2. The highest BCUT2D eigenvalue weighted by molar-refractivity contribution is 9.10. The molecule has 98 valence electrons. The van der Waals surface area contributed by atoms with Gasteiger partial charge in [-0.25, -0.2) is 4.98 Å². The van der Waals surface area contributed by atoms with E-state index in [-0.39, 0.29) is 0 Å². The summed E-state index contributed by atoms with van der Waals surface area (Å²) in [4.78, 5) is 6.81. The maximum Gasteiger partial charge on any atom is 0.172 e. The molecule has 0 N–H and O–H groups in total. The van der Waals surface area contributed by atoms with Gasteiger partial charge in [-0.05, 0) is 46.1 Å². The van der Waals surface area contributed by atoms with Crippen molar-refractivity contribution in [3.63, 3.8) is 0 Å². The molecule has 0 amide bonds. The van der Waals surface area contributed by atoms with Gasteiger partial charge in [0.15, 0.2) is 11.6 Å². The first kappa shape index (κ1) is 12.5. The van der Waals surface area contributed by atoms with Crippen LogP contribution < -0.4 is 9.64 Å². The SMILES string of the molecule is Cc1ccccc1CN1CCOc2ccc(Br)nc21.